The normalized spacial score (nSPS) is 10.4. The van der Waals surface area contributed by atoms with Crippen LogP contribution in [0.2, 0.25) is 0 Å². The summed E-state index contributed by atoms with van der Waals surface area (Å²) in [5.41, 5.74) is 0.556. The highest BCUT2D eigenvalue weighted by Crippen LogP contribution is 2.25. The van der Waals surface area contributed by atoms with Gasteiger partial charge in [-0.3, -0.25) is 0 Å². The Morgan fingerprint density at radius 3 is 1.11 bits per heavy atom. The fourth-order valence-electron chi connectivity index (χ4n) is 3.45. The van der Waals surface area contributed by atoms with Gasteiger partial charge in [0.15, 0.2) is 0 Å². The first-order valence-corrected chi connectivity index (χ1v) is 13.9. The minimum atomic E-state index is -1.50. The van der Waals surface area contributed by atoms with Crippen LogP contribution in [0.5, 0.6) is 0 Å². The molecule has 0 unspecified atom stereocenters. The summed E-state index contributed by atoms with van der Waals surface area (Å²) in [6.07, 6.45) is -4.37. The summed E-state index contributed by atoms with van der Waals surface area (Å²) in [7, 11) is 0. The van der Waals surface area contributed by atoms with Gasteiger partial charge in [0.2, 0.25) is 0 Å². The molecule has 0 aliphatic rings. The first-order chi connectivity index (χ1) is 22.5. The lowest BCUT2D eigenvalue weighted by Crippen LogP contribution is -2.39. The van der Waals surface area contributed by atoms with Crippen LogP contribution in [0.25, 0.3) is 0 Å². The predicted molar refractivity (Wildman–Crippen MR) is 155 cm³/mol. The van der Waals surface area contributed by atoms with Gasteiger partial charge in [0.25, 0.3) is 0 Å². The van der Waals surface area contributed by atoms with Crippen LogP contribution >= 0.6 is 0 Å². The molecule has 0 amide bonds. The highest BCUT2D eigenvalue weighted by molar-refractivity contribution is 5.90. The molecule has 0 N–H and O–H groups in total. The Hall–Kier alpha value is -6.12. The van der Waals surface area contributed by atoms with E-state index in [1.165, 1.54) is 36.4 Å². The lowest BCUT2D eigenvalue weighted by Gasteiger charge is -2.29. The maximum Gasteiger partial charge on any atom is 0.549 e. The predicted octanol–water partition coefficient (Wildman–Crippen LogP) is 5.78. The minimum Gasteiger partial charge on any atom is -0.431 e. The molecule has 0 heterocycles. The quantitative estimate of drug-likeness (QED) is 0.111. The van der Waals surface area contributed by atoms with Crippen LogP contribution in [0.3, 0.4) is 0 Å². The second kappa shape index (κ2) is 17.4. The zero-order valence-corrected chi connectivity index (χ0v) is 25.5. The standard InChI is InChI=1S/C32H30O15/c1-4-32(18-39-29(36)45-42-26(33)23-8-6-5-7-9-23,19-40-30(37)46-43-27(34)24-14-10-21(2)11-15-24)20-41-31(38)47-44-28(35)25-16-12-22(3)13-17-25/h5-17H,4,18-20H2,1-3H3. The Balaban J connectivity index is 1.57. The van der Waals surface area contributed by atoms with Crippen molar-refractivity contribution in [2.24, 2.45) is 5.41 Å². The van der Waals surface area contributed by atoms with Gasteiger partial charge in [0.1, 0.15) is 19.8 Å². The van der Waals surface area contributed by atoms with Gasteiger partial charge in [0, 0.05) is 0 Å². The van der Waals surface area contributed by atoms with Gasteiger partial charge in [0.05, 0.1) is 22.1 Å². The molecule has 15 nitrogen and oxygen atoms in total. The van der Waals surface area contributed by atoms with E-state index in [1.807, 2.05) is 13.8 Å². The summed E-state index contributed by atoms with van der Waals surface area (Å²) < 4.78 is 15.0. The summed E-state index contributed by atoms with van der Waals surface area (Å²) >= 11 is 0. The van der Waals surface area contributed by atoms with Crippen molar-refractivity contribution in [3.05, 3.63) is 107 Å². The third kappa shape index (κ3) is 11.7. The highest BCUT2D eigenvalue weighted by atomic mass is 17.2. The monoisotopic (exact) mass is 654 g/mol. The van der Waals surface area contributed by atoms with Gasteiger partial charge < -0.3 is 14.2 Å². The molecule has 0 radical (unpaired) electrons. The van der Waals surface area contributed by atoms with Crippen LogP contribution in [0.4, 0.5) is 14.4 Å². The summed E-state index contributed by atoms with van der Waals surface area (Å²) in [4.78, 5) is 99.5. The lowest BCUT2D eigenvalue weighted by molar-refractivity contribution is -0.217. The molecule has 248 valence electrons. The molecular weight excluding hydrogens is 624 g/mol. The van der Waals surface area contributed by atoms with E-state index in [4.69, 9.17) is 14.2 Å². The van der Waals surface area contributed by atoms with Crippen molar-refractivity contribution in [3.8, 4) is 0 Å². The molecule has 3 rings (SSSR count). The van der Waals surface area contributed by atoms with Crippen LogP contribution in [0.1, 0.15) is 55.5 Å². The van der Waals surface area contributed by atoms with Gasteiger partial charge >= 0.3 is 36.4 Å². The summed E-state index contributed by atoms with van der Waals surface area (Å²) in [5, 5.41) is 0. The van der Waals surface area contributed by atoms with Gasteiger partial charge in [-0.1, -0.05) is 60.5 Å². The van der Waals surface area contributed by atoms with Crippen LogP contribution in [-0.2, 0) is 43.5 Å². The first kappa shape index (κ1) is 35.4. The first-order valence-electron chi connectivity index (χ1n) is 13.9. The third-order valence-corrected chi connectivity index (χ3v) is 6.38. The third-order valence-electron chi connectivity index (χ3n) is 6.38. The Morgan fingerprint density at radius 1 is 0.468 bits per heavy atom. The summed E-state index contributed by atoms with van der Waals surface area (Å²) in [6, 6.07) is 20.0. The van der Waals surface area contributed by atoms with E-state index in [-0.39, 0.29) is 23.1 Å². The topological polar surface area (TPSA) is 185 Å². The van der Waals surface area contributed by atoms with Crippen LogP contribution in [-0.4, -0.2) is 56.2 Å². The van der Waals surface area contributed by atoms with Crippen molar-refractivity contribution in [1.82, 2.24) is 0 Å². The number of hydrogen-bond acceptors (Lipinski definition) is 15. The number of benzene rings is 3. The Kier molecular flexibility index (Phi) is 13.1. The van der Waals surface area contributed by atoms with Crippen LogP contribution in [0, 0.1) is 19.3 Å². The molecule has 3 aromatic carbocycles. The Bertz CT molecular complexity index is 1460. The Morgan fingerprint density at radius 2 is 0.787 bits per heavy atom. The molecule has 0 aromatic heterocycles. The zero-order valence-electron chi connectivity index (χ0n) is 25.5. The summed E-state index contributed by atoms with van der Waals surface area (Å²) in [6.45, 7) is 3.26. The number of hydrogen-bond donors (Lipinski definition) is 0. The van der Waals surface area contributed by atoms with E-state index in [9.17, 15) is 28.8 Å². The Labute approximate surface area is 267 Å². The number of ether oxygens (including phenoxy) is 3. The van der Waals surface area contributed by atoms with Crippen molar-refractivity contribution in [3.63, 3.8) is 0 Å². The van der Waals surface area contributed by atoms with E-state index >= 15 is 0 Å². The molecule has 47 heavy (non-hydrogen) atoms. The molecule has 3 aromatic rings. The SMILES string of the molecule is CCC(COC(=O)OOC(=O)c1ccccc1)(COC(=O)OOC(=O)c1ccc(C)cc1)COC(=O)OOC(=O)c1ccc(C)cc1. The molecule has 0 spiro atoms. The number of carbonyl (C=O) groups excluding carboxylic acids is 6. The van der Waals surface area contributed by atoms with E-state index in [0.29, 0.717) is 0 Å². The lowest BCUT2D eigenvalue weighted by atomic mass is 9.88. The van der Waals surface area contributed by atoms with Crippen molar-refractivity contribution in [2.45, 2.75) is 27.2 Å². The maximum absolute atomic E-state index is 12.2. The van der Waals surface area contributed by atoms with Crippen molar-refractivity contribution < 1.29 is 72.3 Å². The fourth-order valence-corrected chi connectivity index (χ4v) is 3.45. The molecule has 0 aliphatic carbocycles. The van der Waals surface area contributed by atoms with E-state index in [1.54, 1.807) is 49.4 Å². The van der Waals surface area contributed by atoms with Crippen LogP contribution in [0.15, 0.2) is 78.9 Å². The van der Waals surface area contributed by atoms with E-state index in [0.717, 1.165) is 11.1 Å². The van der Waals surface area contributed by atoms with Gasteiger partial charge in [-0.25, -0.2) is 43.7 Å². The number of rotatable bonds is 10. The molecule has 0 atom stereocenters. The second-order valence-corrected chi connectivity index (χ2v) is 9.93. The fraction of sp³-hybridized carbons (Fsp3) is 0.250. The van der Waals surface area contributed by atoms with Gasteiger partial charge in [-0.15, -0.1) is 0 Å². The molecule has 0 saturated carbocycles. The van der Waals surface area contributed by atoms with E-state index < -0.39 is 61.6 Å². The maximum atomic E-state index is 12.2. The molecule has 0 aliphatic heterocycles. The molecule has 0 fully saturated rings. The van der Waals surface area contributed by atoms with E-state index in [2.05, 4.69) is 29.3 Å². The van der Waals surface area contributed by atoms with Crippen molar-refractivity contribution in [1.29, 1.82) is 0 Å². The molecule has 0 saturated heterocycles. The number of carbonyl (C=O) groups is 6. The average Bonchev–Trinajstić information content (AvgIpc) is 3.09. The smallest absolute Gasteiger partial charge is 0.431 e. The van der Waals surface area contributed by atoms with Gasteiger partial charge in [-0.05, 0) is 56.7 Å². The largest absolute Gasteiger partial charge is 0.549 e. The van der Waals surface area contributed by atoms with Crippen LogP contribution < -0.4 is 0 Å². The van der Waals surface area contributed by atoms with Gasteiger partial charge in [-0.2, -0.15) is 14.4 Å². The molecular formula is C32H30O15. The average molecular weight is 655 g/mol. The minimum absolute atomic E-state index is 0.0109. The van der Waals surface area contributed by atoms with Crippen molar-refractivity contribution >= 4 is 36.4 Å². The highest BCUT2D eigenvalue weighted by Gasteiger charge is 2.36. The second-order valence-electron chi connectivity index (χ2n) is 9.93. The number of aryl methyl sites for hydroxylation is 2. The molecule has 15 heteroatoms. The molecule has 0 bridgehead atoms. The summed E-state index contributed by atoms with van der Waals surface area (Å²) in [5.74, 6) is -2.95. The zero-order chi connectivity index (χ0) is 34.2. The van der Waals surface area contributed by atoms with Crippen molar-refractivity contribution in [2.75, 3.05) is 19.8 Å².